The highest BCUT2D eigenvalue weighted by atomic mass is 35.5. The Morgan fingerprint density at radius 1 is 1.38 bits per heavy atom. The van der Waals surface area contributed by atoms with Crippen LogP contribution >= 0.6 is 23.8 Å². The quantitative estimate of drug-likeness (QED) is 0.732. The van der Waals surface area contributed by atoms with Crippen LogP contribution in [0.5, 0.6) is 0 Å². The summed E-state index contributed by atoms with van der Waals surface area (Å²) in [5.74, 6) is 0.515. The number of nitrogens with zero attached hydrogens (tertiary/aromatic N) is 3. The van der Waals surface area contributed by atoms with E-state index in [-0.39, 0.29) is 18.5 Å². The first-order valence-corrected chi connectivity index (χ1v) is 9.33. The zero-order valence-electron chi connectivity index (χ0n) is 14.6. The van der Waals surface area contributed by atoms with Gasteiger partial charge in [0.2, 0.25) is 5.91 Å². The molecule has 3 rings (SSSR count). The zero-order chi connectivity index (χ0) is 18.5. The molecule has 1 aliphatic heterocycles. The number of benzene rings is 1. The number of H-pyrrole nitrogens is 1. The summed E-state index contributed by atoms with van der Waals surface area (Å²) < 4.78 is 7.46. The number of amides is 1. The summed E-state index contributed by atoms with van der Waals surface area (Å²) in [6, 6.07) is 7.52. The van der Waals surface area contributed by atoms with Gasteiger partial charge in [0.15, 0.2) is 10.6 Å². The fourth-order valence-corrected chi connectivity index (χ4v) is 3.21. The van der Waals surface area contributed by atoms with Crippen molar-refractivity contribution in [2.24, 2.45) is 0 Å². The van der Waals surface area contributed by atoms with Crippen molar-refractivity contribution in [1.29, 1.82) is 0 Å². The molecule has 0 saturated carbocycles. The van der Waals surface area contributed by atoms with E-state index in [0.29, 0.717) is 22.2 Å². The van der Waals surface area contributed by atoms with Crippen molar-refractivity contribution >= 4 is 29.7 Å². The predicted molar refractivity (Wildman–Crippen MR) is 103 cm³/mol. The average Bonchev–Trinajstić information content (AvgIpc) is 3.01. The minimum Gasteiger partial charge on any atom is -0.379 e. The molecule has 2 heterocycles. The first-order valence-electron chi connectivity index (χ1n) is 8.54. The molecule has 1 atom stereocenters. The molecule has 140 valence electrons. The molecular weight excluding hydrogens is 374 g/mol. The van der Waals surface area contributed by atoms with Crippen molar-refractivity contribution < 1.29 is 9.53 Å². The molecule has 2 N–H and O–H groups in total. The van der Waals surface area contributed by atoms with Crippen molar-refractivity contribution in [3.8, 4) is 11.4 Å². The molecule has 0 radical (unpaired) electrons. The van der Waals surface area contributed by atoms with Gasteiger partial charge in [-0.15, -0.1) is 0 Å². The Kier molecular flexibility index (Phi) is 6.42. The van der Waals surface area contributed by atoms with Crippen LogP contribution in [0.4, 0.5) is 0 Å². The standard InChI is InChI=1S/C17H22ClN5O2S/c1-12(22-6-8-25-9-7-22)10-19-15(24)11-23-16(20-21-17(23)26)13-2-4-14(18)5-3-13/h2-5,12H,6-11H2,1H3,(H,19,24)(H,21,26). The molecule has 1 aliphatic rings. The van der Waals surface area contributed by atoms with E-state index in [1.807, 2.05) is 12.1 Å². The van der Waals surface area contributed by atoms with Crippen molar-refractivity contribution in [3.05, 3.63) is 34.1 Å². The number of carbonyl (C=O) groups excluding carboxylic acids is 1. The van der Waals surface area contributed by atoms with E-state index in [0.717, 1.165) is 31.9 Å². The van der Waals surface area contributed by atoms with Crippen LogP contribution in [0, 0.1) is 4.77 Å². The maximum Gasteiger partial charge on any atom is 0.240 e. The molecular formula is C17H22ClN5O2S. The van der Waals surface area contributed by atoms with Crippen LogP contribution in [-0.4, -0.2) is 64.5 Å². The summed E-state index contributed by atoms with van der Waals surface area (Å²) in [5, 5.41) is 10.6. The van der Waals surface area contributed by atoms with Crippen molar-refractivity contribution in [2.45, 2.75) is 19.5 Å². The van der Waals surface area contributed by atoms with Gasteiger partial charge in [-0.1, -0.05) is 11.6 Å². The summed E-state index contributed by atoms with van der Waals surface area (Å²) >= 11 is 11.2. The third kappa shape index (κ3) is 4.70. The molecule has 2 aromatic rings. The Morgan fingerprint density at radius 3 is 2.77 bits per heavy atom. The largest absolute Gasteiger partial charge is 0.379 e. The van der Waals surface area contributed by atoms with E-state index >= 15 is 0 Å². The Balaban J connectivity index is 1.61. The van der Waals surface area contributed by atoms with Crippen molar-refractivity contribution in [1.82, 2.24) is 25.0 Å². The maximum atomic E-state index is 12.4. The lowest BCUT2D eigenvalue weighted by atomic mass is 10.2. The predicted octanol–water partition coefficient (Wildman–Crippen LogP) is 2.10. The fraction of sp³-hybridized carbons (Fsp3) is 0.471. The van der Waals surface area contributed by atoms with Gasteiger partial charge in [-0.05, 0) is 43.4 Å². The highest BCUT2D eigenvalue weighted by Crippen LogP contribution is 2.19. The number of aromatic amines is 1. The topological polar surface area (TPSA) is 75.2 Å². The third-order valence-electron chi connectivity index (χ3n) is 4.43. The van der Waals surface area contributed by atoms with Gasteiger partial charge in [0.05, 0.1) is 13.2 Å². The smallest absolute Gasteiger partial charge is 0.240 e. The fourth-order valence-electron chi connectivity index (χ4n) is 2.89. The normalized spacial score (nSPS) is 16.4. The number of halogens is 1. The molecule has 1 amide bonds. The molecule has 1 aromatic heterocycles. The summed E-state index contributed by atoms with van der Waals surface area (Å²) in [5.41, 5.74) is 0.844. The lowest BCUT2D eigenvalue weighted by Crippen LogP contribution is -2.47. The molecule has 7 nitrogen and oxygen atoms in total. The molecule has 9 heteroatoms. The number of nitrogens with one attached hydrogen (secondary N) is 2. The number of morpholine rings is 1. The Morgan fingerprint density at radius 2 is 2.08 bits per heavy atom. The van der Waals surface area contributed by atoms with Crippen LogP contribution in [0.2, 0.25) is 5.02 Å². The molecule has 1 fully saturated rings. The number of carbonyl (C=O) groups is 1. The lowest BCUT2D eigenvalue weighted by molar-refractivity contribution is -0.122. The maximum absolute atomic E-state index is 12.4. The van der Waals surface area contributed by atoms with Crippen LogP contribution in [-0.2, 0) is 16.1 Å². The number of hydrogen-bond donors (Lipinski definition) is 2. The Hall–Kier alpha value is -1.74. The monoisotopic (exact) mass is 395 g/mol. The molecule has 1 saturated heterocycles. The Bertz CT molecular complexity index is 798. The van der Waals surface area contributed by atoms with Gasteiger partial charge in [-0.25, -0.2) is 0 Å². The second kappa shape index (κ2) is 8.77. The van der Waals surface area contributed by atoms with Gasteiger partial charge in [-0.3, -0.25) is 19.4 Å². The zero-order valence-corrected chi connectivity index (χ0v) is 16.1. The van der Waals surface area contributed by atoms with Crippen LogP contribution < -0.4 is 5.32 Å². The molecule has 0 aliphatic carbocycles. The molecule has 0 spiro atoms. The number of ether oxygens (including phenoxy) is 1. The van der Waals surface area contributed by atoms with Crippen LogP contribution in [0.25, 0.3) is 11.4 Å². The van der Waals surface area contributed by atoms with Gasteiger partial charge in [0.25, 0.3) is 0 Å². The van der Waals surface area contributed by atoms with Gasteiger partial charge in [0, 0.05) is 36.3 Å². The summed E-state index contributed by atoms with van der Waals surface area (Å²) in [6.45, 7) is 6.08. The van der Waals surface area contributed by atoms with E-state index in [9.17, 15) is 4.79 Å². The number of hydrogen-bond acceptors (Lipinski definition) is 5. The molecule has 26 heavy (non-hydrogen) atoms. The molecule has 1 aromatic carbocycles. The number of aromatic nitrogens is 3. The number of rotatable bonds is 6. The average molecular weight is 396 g/mol. The van der Waals surface area contributed by atoms with Gasteiger partial charge in [0.1, 0.15) is 6.54 Å². The van der Waals surface area contributed by atoms with Crippen LogP contribution in [0.1, 0.15) is 6.92 Å². The van der Waals surface area contributed by atoms with E-state index < -0.39 is 0 Å². The summed E-state index contributed by atoms with van der Waals surface area (Å²) in [7, 11) is 0. The van der Waals surface area contributed by atoms with E-state index in [4.69, 9.17) is 28.6 Å². The summed E-state index contributed by atoms with van der Waals surface area (Å²) in [4.78, 5) is 14.7. The Labute approximate surface area is 162 Å². The second-order valence-electron chi connectivity index (χ2n) is 6.25. The van der Waals surface area contributed by atoms with Gasteiger partial charge < -0.3 is 10.1 Å². The first-order chi connectivity index (χ1) is 12.5. The summed E-state index contributed by atoms with van der Waals surface area (Å²) in [6.07, 6.45) is 0. The molecule has 1 unspecified atom stereocenters. The lowest BCUT2D eigenvalue weighted by Gasteiger charge is -2.32. The van der Waals surface area contributed by atoms with Crippen molar-refractivity contribution in [3.63, 3.8) is 0 Å². The van der Waals surface area contributed by atoms with Gasteiger partial charge >= 0.3 is 0 Å². The van der Waals surface area contributed by atoms with E-state index in [2.05, 4.69) is 27.3 Å². The molecule has 0 bridgehead atoms. The SMILES string of the molecule is CC(CNC(=O)Cn1c(-c2ccc(Cl)cc2)n[nH]c1=S)N1CCOCC1. The van der Waals surface area contributed by atoms with E-state index in [1.54, 1.807) is 16.7 Å². The van der Waals surface area contributed by atoms with Crippen molar-refractivity contribution in [2.75, 3.05) is 32.8 Å². The minimum absolute atomic E-state index is 0.0992. The van der Waals surface area contributed by atoms with E-state index in [1.165, 1.54) is 0 Å². The minimum atomic E-state index is -0.0992. The first kappa shape index (κ1) is 19.0. The highest BCUT2D eigenvalue weighted by Gasteiger charge is 2.18. The second-order valence-corrected chi connectivity index (χ2v) is 7.07. The highest BCUT2D eigenvalue weighted by molar-refractivity contribution is 7.71. The van der Waals surface area contributed by atoms with Crippen LogP contribution in [0.15, 0.2) is 24.3 Å². The van der Waals surface area contributed by atoms with Crippen LogP contribution in [0.3, 0.4) is 0 Å². The third-order valence-corrected chi connectivity index (χ3v) is 4.99. The van der Waals surface area contributed by atoms with Gasteiger partial charge in [-0.2, -0.15) is 5.10 Å².